The molecule has 0 aliphatic heterocycles. The Kier molecular flexibility index (Phi) is 3.37. The Morgan fingerprint density at radius 1 is 1.64 bits per heavy atom. The fraction of sp³-hybridized carbons (Fsp3) is 0.333. The molecule has 0 spiro atoms. The molecule has 0 N–H and O–H groups in total. The van der Waals surface area contributed by atoms with Gasteiger partial charge in [-0.15, -0.1) is 0 Å². The number of alkyl halides is 2. The molecule has 0 fully saturated rings. The molecule has 0 radical (unpaired) electrons. The Morgan fingerprint density at radius 3 is 2.79 bits per heavy atom. The average molecular weight is 217 g/mol. The van der Waals surface area contributed by atoms with Crippen LogP contribution in [-0.2, 0) is 6.42 Å². The van der Waals surface area contributed by atoms with E-state index in [9.17, 15) is 8.78 Å². The standard InChI is InChI=1S/C9H7ClF2N2/c1-5-8(10)7(9(11)12)6(2-3-13)4-14-5/h4,9H,2H2,1H3. The molecule has 1 aromatic rings. The van der Waals surface area contributed by atoms with Crippen LogP contribution in [-0.4, -0.2) is 4.98 Å². The van der Waals surface area contributed by atoms with E-state index in [1.54, 1.807) is 13.0 Å². The monoisotopic (exact) mass is 216 g/mol. The van der Waals surface area contributed by atoms with E-state index < -0.39 is 6.43 Å². The molecule has 0 aliphatic rings. The molecule has 1 rings (SSSR count). The van der Waals surface area contributed by atoms with Crippen molar-refractivity contribution in [2.24, 2.45) is 0 Å². The van der Waals surface area contributed by atoms with Crippen molar-refractivity contribution in [2.45, 2.75) is 19.8 Å². The Morgan fingerprint density at radius 2 is 2.29 bits per heavy atom. The van der Waals surface area contributed by atoms with Crippen LogP contribution in [0, 0.1) is 18.3 Å². The zero-order valence-electron chi connectivity index (χ0n) is 7.39. The fourth-order valence-electron chi connectivity index (χ4n) is 1.10. The molecule has 0 saturated carbocycles. The molecule has 1 aromatic heterocycles. The van der Waals surface area contributed by atoms with Gasteiger partial charge in [0.1, 0.15) is 0 Å². The molecule has 0 bridgehead atoms. The summed E-state index contributed by atoms with van der Waals surface area (Å²) in [7, 11) is 0. The summed E-state index contributed by atoms with van der Waals surface area (Å²) in [6, 6.07) is 1.79. The lowest BCUT2D eigenvalue weighted by atomic mass is 10.1. The highest BCUT2D eigenvalue weighted by Crippen LogP contribution is 2.31. The van der Waals surface area contributed by atoms with E-state index in [2.05, 4.69) is 4.98 Å². The SMILES string of the molecule is Cc1ncc(CC#N)c(C(F)F)c1Cl. The van der Waals surface area contributed by atoms with Gasteiger partial charge < -0.3 is 0 Å². The first-order valence-corrected chi connectivity index (χ1v) is 4.24. The molecule has 74 valence electrons. The van der Waals surface area contributed by atoms with Crippen molar-refractivity contribution in [3.05, 3.63) is 28.0 Å². The average Bonchev–Trinajstić information content (AvgIpc) is 2.11. The van der Waals surface area contributed by atoms with Gasteiger partial charge in [0, 0.05) is 11.8 Å². The van der Waals surface area contributed by atoms with Gasteiger partial charge in [0.25, 0.3) is 6.43 Å². The predicted octanol–water partition coefficient (Wildman–Crippen LogP) is 3.05. The summed E-state index contributed by atoms with van der Waals surface area (Å²) in [4.78, 5) is 3.82. The number of hydrogen-bond donors (Lipinski definition) is 0. The fourth-order valence-corrected chi connectivity index (χ4v) is 1.35. The summed E-state index contributed by atoms with van der Waals surface area (Å²) in [5.74, 6) is 0. The van der Waals surface area contributed by atoms with Gasteiger partial charge in [0.05, 0.1) is 23.2 Å². The van der Waals surface area contributed by atoms with E-state index in [4.69, 9.17) is 16.9 Å². The molecular formula is C9H7ClF2N2. The second-order valence-corrected chi connectivity index (χ2v) is 3.11. The van der Waals surface area contributed by atoms with Crippen LogP contribution in [0.1, 0.15) is 23.2 Å². The molecule has 0 amide bonds. The smallest absolute Gasteiger partial charge is 0.260 e. The van der Waals surface area contributed by atoms with E-state index in [-0.39, 0.29) is 22.6 Å². The van der Waals surface area contributed by atoms with E-state index in [0.717, 1.165) is 0 Å². The van der Waals surface area contributed by atoms with Crippen molar-refractivity contribution in [3.63, 3.8) is 0 Å². The zero-order valence-corrected chi connectivity index (χ0v) is 8.15. The van der Waals surface area contributed by atoms with Crippen LogP contribution >= 0.6 is 11.6 Å². The largest absolute Gasteiger partial charge is 0.265 e. The lowest BCUT2D eigenvalue weighted by Crippen LogP contribution is -1.99. The van der Waals surface area contributed by atoms with Crippen LogP contribution in [0.3, 0.4) is 0 Å². The van der Waals surface area contributed by atoms with E-state index in [1.165, 1.54) is 6.20 Å². The number of hydrogen-bond acceptors (Lipinski definition) is 2. The number of aryl methyl sites for hydroxylation is 1. The van der Waals surface area contributed by atoms with Gasteiger partial charge in [0.2, 0.25) is 0 Å². The maximum absolute atomic E-state index is 12.6. The van der Waals surface area contributed by atoms with Gasteiger partial charge >= 0.3 is 0 Å². The highest BCUT2D eigenvalue weighted by atomic mass is 35.5. The zero-order chi connectivity index (χ0) is 10.7. The second-order valence-electron chi connectivity index (χ2n) is 2.73. The Balaban J connectivity index is 3.31. The topological polar surface area (TPSA) is 36.7 Å². The number of nitrogens with zero attached hydrogens (tertiary/aromatic N) is 2. The third-order valence-corrected chi connectivity index (χ3v) is 2.28. The number of nitriles is 1. The van der Waals surface area contributed by atoms with Crippen molar-refractivity contribution in [2.75, 3.05) is 0 Å². The molecule has 0 aromatic carbocycles. The minimum Gasteiger partial charge on any atom is -0.260 e. The quantitative estimate of drug-likeness (QED) is 0.762. The lowest BCUT2D eigenvalue weighted by Gasteiger charge is -2.09. The van der Waals surface area contributed by atoms with Crippen LogP contribution in [0.25, 0.3) is 0 Å². The van der Waals surface area contributed by atoms with Crippen LogP contribution < -0.4 is 0 Å². The normalized spacial score (nSPS) is 10.3. The van der Waals surface area contributed by atoms with Crippen molar-refractivity contribution < 1.29 is 8.78 Å². The maximum Gasteiger partial charge on any atom is 0.265 e. The van der Waals surface area contributed by atoms with Crippen LogP contribution in [0.15, 0.2) is 6.20 Å². The van der Waals surface area contributed by atoms with E-state index >= 15 is 0 Å². The number of rotatable bonds is 2. The van der Waals surface area contributed by atoms with Crippen LogP contribution in [0.4, 0.5) is 8.78 Å². The van der Waals surface area contributed by atoms with Crippen molar-refractivity contribution in [1.82, 2.24) is 4.98 Å². The third-order valence-electron chi connectivity index (χ3n) is 1.80. The minimum atomic E-state index is -2.67. The van der Waals surface area contributed by atoms with Crippen molar-refractivity contribution in [3.8, 4) is 6.07 Å². The summed E-state index contributed by atoms with van der Waals surface area (Å²) >= 11 is 5.68. The summed E-state index contributed by atoms with van der Waals surface area (Å²) in [5.41, 5.74) is 0.266. The Bertz CT molecular complexity index is 385. The second kappa shape index (κ2) is 4.34. The maximum atomic E-state index is 12.6. The number of aromatic nitrogens is 1. The van der Waals surface area contributed by atoms with Gasteiger partial charge in [-0.25, -0.2) is 8.78 Å². The first kappa shape index (κ1) is 10.9. The highest BCUT2D eigenvalue weighted by Gasteiger charge is 2.18. The van der Waals surface area contributed by atoms with Crippen molar-refractivity contribution in [1.29, 1.82) is 5.26 Å². The van der Waals surface area contributed by atoms with Gasteiger partial charge in [-0.05, 0) is 12.5 Å². The summed E-state index contributed by atoms with van der Waals surface area (Å²) in [6.07, 6.45) is -1.51. The van der Waals surface area contributed by atoms with E-state index in [0.29, 0.717) is 5.69 Å². The molecule has 0 saturated heterocycles. The summed E-state index contributed by atoms with van der Waals surface area (Å²) < 4.78 is 25.1. The Hall–Kier alpha value is -1.21. The van der Waals surface area contributed by atoms with Gasteiger partial charge in [-0.3, -0.25) is 4.98 Å². The molecule has 0 atom stereocenters. The first-order valence-electron chi connectivity index (χ1n) is 3.87. The third kappa shape index (κ3) is 1.99. The first-order chi connectivity index (χ1) is 6.57. The van der Waals surface area contributed by atoms with Gasteiger partial charge in [-0.1, -0.05) is 11.6 Å². The molecule has 5 heteroatoms. The summed E-state index contributed by atoms with van der Waals surface area (Å²) in [5, 5.41) is 8.37. The van der Waals surface area contributed by atoms with Gasteiger partial charge in [-0.2, -0.15) is 5.26 Å². The van der Waals surface area contributed by atoms with Crippen molar-refractivity contribution >= 4 is 11.6 Å². The molecule has 0 unspecified atom stereocenters. The molecule has 0 aliphatic carbocycles. The predicted molar refractivity (Wildman–Crippen MR) is 48.3 cm³/mol. The van der Waals surface area contributed by atoms with Gasteiger partial charge in [0.15, 0.2) is 0 Å². The summed E-state index contributed by atoms with van der Waals surface area (Å²) in [6.45, 7) is 1.55. The molecule has 1 heterocycles. The molecule has 14 heavy (non-hydrogen) atoms. The minimum absolute atomic E-state index is 0.0484. The highest BCUT2D eigenvalue weighted by molar-refractivity contribution is 6.32. The van der Waals surface area contributed by atoms with Crippen LogP contribution in [0.2, 0.25) is 5.02 Å². The Labute approximate surface area is 85.1 Å². The number of pyridine rings is 1. The number of halogens is 3. The molecule has 2 nitrogen and oxygen atoms in total. The van der Waals surface area contributed by atoms with E-state index in [1.807, 2.05) is 0 Å². The van der Waals surface area contributed by atoms with Crippen LogP contribution in [0.5, 0.6) is 0 Å². The molecular weight excluding hydrogens is 210 g/mol. The lowest BCUT2D eigenvalue weighted by molar-refractivity contribution is 0.150.